The molecule has 4 rings (SSSR count). The Morgan fingerprint density at radius 3 is 2.59 bits per heavy atom. The van der Waals surface area contributed by atoms with Crippen LogP contribution < -0.4 is 10.5 Å². The van der Waals surface area contributed by atoms with Gasteiger partial charge in [0.15, 0.2) is 5.82 Å². The van der Waals surface area contributed by atoms with E-state index in [0.29, 0.717) is 18.7 Å². The predicted octanol–water partition coefficient (Wildman–Crippen LogP) is 3.01. The van der Waals surface area contributed by atoms with E-state index in [0.717, 1.165) is 46.0 Å². The van der Waals surface area contributed by atoms with E-state index in [1.54, 1.807) is 12.1 Å². The third-order valence-electron chi connectivity index (χ3n) is 5.85. The van der Waals surface area contributed by atoms with Gasteiger partial charge in [-0.3, -0.25) is 5.10 Å². The van der Waals surface area contributed by atoms with Crippen LogP contribution in [0, 0.1) is 13.8 Å². The van der Waals surface area contributed by atoms with Gasteiger partial charge in [0.25, 0.3) is 0 Å². The summed E-state index contributed by atoms with van der Waals surface area (Å²) in [5.41, 5.74) is 10.6. The van der Waals surface area contributed by atoms with Crippen molar-refractivity contribution < 1.29 is 13.5 Å². The Balaban J connectivity index is 1.68. The third-order valence-corrected chi connectivity index (χ3v) is 7.34. The number of rotatable bonds is 4. The highest BCUT2D eigenvalue weighted by molar-refractivity contribution is 7.89. The highest BCUT2D eigenvalue weighted by Gasteiger charge is 2.28. The minimum atomic E-state index is -3.70. The number of anilines is 1. The standard InChI is InChI=1S/C21H26N4O3S/c1-12-11-14(29(27,28)25-17-5-3-4-6-19(17)26)7-8-15(12)16-9-10-18-20(13(16)2)21(22)24-23-18/h7-11,17,19,25-26H,3-6H2,1-2H3,(H3,22,23,24)/t17-,19+/m1/s1. The van der Waals surface area contributed by atoms with E-state index in [4.69, 9.17) is 5.73 Å². The summed E-state index contributed by atoms with van der Waals surface area (Å²) in [6, 6.07) is 8.60. The Hall–Kier alpha value is -2.42. The van der Waals surface area contributed by atoms with Crippen molar-refractivity contribution in [3.63, 3.8) is 0 Å². The van der Waals surface area contributed by atoms with Crippen LogP contribution in [0.1, 0.15) is 36.8 Å². The smallest absolute Gasteiger partial charge is 0.240 e. The molecule has 3 aromatic rings. The Labute approximate surface area is 170 Å². The summed E-state index contributed by atoms with van der Waals surface area (Å²) < 4.78 is 28.4. The number of aryl methyl sites for hydroxylation is 2. The highest BCUT2D eigenvalue weighted by atomic mass is 32.2. The Morgan fingerprint density at radius 1 is 1.14 bits per heavy atom. The van der Waals surface area contributed by atoms with Crippen LogP contribution in [0.3, 0.4) is 0 Å². The molecule has 1 aliphatic rings. The second kappa shape index (κ2) is 7.44. The second-order valence-corrected chi connectivity index (χ2v) is 9.54. The lowest BCUT2D eigenvalue weighted by atomic mass is 9.93. The lowest BCUT2D eigenvalue weighted by molar-refractivity contribution is 0.101. The number of H-pyrrole nitrogens is 1. The van der Waals surface area contributed by atoms with Crippen molar-refractivity contribution in [3.8, 4) is 11.1 Å². The first-order valence-electron chi connectivity index (χ1n) is 9.82. The van der Waals surface area contributed by atoms with Gasteiger partial charge in [0, 0.05) is 11.4 Å². The maximum atomic E-state index is 12.8. The number of aliphatic hydroxyl groups excluding tert-OH is 1. The number of fused-ring (bicyclic) bond motifs is 1. The van der Waals surface area contributed by atoms with Gasteiger partial charge in [0.1, 0.15) is 0 Å². The van der Waals surface area contributed by atoms with E-state index < -0.39 is 22.2 Å². The van der Waals surface area contributed by atoms with Gasteiger partial charge in [-0.05, 0) is 67.1 Å². The van der Waals surface area contributed by atoms with Gasteiger partial charge in [0.05, 0.1) is 16.5 Å². The predicted molar refractivity (Wildman–Crippen MR) is 114 cm³/mol. The fraction of sp³-hybridized carbons (Fsp3) is 0.381. The molecule has 1 fully saturated rings. The molecule has 0 unspecified atom stereocenters. The number of nitrogens with one attached hydrogen (secondary N) is 2. The Kier molecular flexibility index (Phi) is 5.10. The van der Waals surface area contributed by atoms with Crippen molar-refractivity contribution in [2.75, 3.05) is 5.73 Å². The van der Waals surface area contributed by atoms with Crippen molar-refractivity contribution in [2.45, 2.75) is 56.6 Å². The van der Waals surface area contributed by atoms with Crippen LogP contribution in [0.4, 0.5) is 5.82 Å². The lowest BCUT2D eigenvalue weighted by Crippen LogP contribution is -2.44. The third kappa shape index (κ3) is 3.63. The summed E-state index contributed by atoms with van der Waals surface area (Å²) in [6.07, 6.45) is 2.50. The van der Waals surface area contributed by atoms with Crippen molar-refractivity contribution in [1.29, 1.82) is 0 Å². The van der Waals surface area contributed by atoms with Crippen LogP contribution in [-0.2, 0) is 10.0 Å². The van der Waals surface area contributed by atoms with Gasteiger partial charge >= 0.3 is 0 Å². The molecule has 154 valence electrons. The molecule has 0 amide bonds. The fourth-order valence-corrected chi connectivity index (χ4v) is 5.61. The summed E-state index contributed by atoms with van der Waals surface area (Å²) in [5, 5.41) is 18.0. The molecule has 2 atom stereocenters. The number of nitrogens with zero attached hydrogens (tertiary/aromatic N) is 1. The van der Waals surface area contributed by atoms with Crippen LogP contribution in [-0.4, -0.2) is 35.9 Å². The second-order valence-electron chi connectivity index (χ2n) is 7.83. The van der Waals surface area contributed by atoms with E-state index in [1.807, 2.05) is 32.0 Å². The largest absolute Gasteiger partial charge is 0.391 e. The normalized spacial score (nSPS) is 20.2. The zero-order valence-electron chi connectivity index (χ0n) is 16.6. The molecule has 0 radical (unpaired) electrons. The number of nitrogens with two attached hydrogens (primary N) is 1. The summed E-state index contributed by atoms with van der Waals surface area (Å²) in [7, 11) is -3.70. The molecule has 1 saturated carbocycles. The lowest BCUT2D eigenvalue weighted by Gasteiger charge is -2.28. The number of benzene rings is 2. The monoisotopic (exact) mass is 414 g/mol. The molecule has 1 aliphatic carbocycles. The van der Waals surface area contributed by atoms with Gasteiger partial charge < -0.3 is 10.8 Å². The van der Waals surface area contributed by atoms with E-state index in [2.05, 4.69) is 14.9 Å². The molecule has 5 N–H and O–H groups in total. The zero-order valence-corrected chi connectivity index (χ0v) is 17.4. The van der Waals surface area contributed by atoms with Gasteiger partial charge in [-0.25, -0.2) is 13.1 Å². The molecule has 0 bridgehead atoms. The molecular formula is C21H26N4O3S. The molecule has 1 heterocycles. The van der Waals surface area contributed by atoms with Crippen LogP contribution in [0.5, 0.6) is 0 Å². The van der Waals surface area contributed by atoms with E-state index in [1.165, 1.54) is 0 Å². The first-order chi connectivity index (χ1) is 13.8. The summed E-state index contributed by atoms with van der Waals surface area (Å²) >= 11 is 0. The van der Waals surface area contributed by atoms with Gasteiger partial charge in [0.2, 0.25) is 10.0 Å². The van der Waals surface area contributed by atoms with Crippen molar-refractivity contribution in [3.05, 3.63) is 41.5 Å². The summed E-state index contributed by atoms with van der Waals surface area (Å²) in [4.78, 5) is 0.207. The Bertz CT molecular complexity index is 1170. The SMILES string of the molecule is Cc1cc(S(=O)(=O)N[C@@H]2CCCC[C@@H]2O)ccc1-c1ccc2[nH]nc(N)c2c1C. The molecule has 8 heteroatoms. The number of aromatic amines is 1. The maximum Gasteiger partial charge on any atom is 0.240 e. The minimum absolute atomic E-state index is 0.207. The summed E-state index contributed by atoms with van der Waals surface area (Å²) in [5.74, 6) is 0.450. The van der Waals surface area contributed by atoms with Crippen LogP contribution in [0.2, 0.25) is 0 Å². The first kappa shape index (κ1) is 19.9. The van der Waals surface area contributed by atoms with E-state index >= 15 is 0 Å². The maximum absolute atomic E-state index is 12.8. The highest BCUT2D eigenvalue weighted by Crippen LogP contribution is 2.34. The number of nitrogen functional groups attached to an aromatic ring is 1. The molecule has 7 nitrogen and oxygen atoms in total. The van der Waals surface area contributed by atoms with E-state index in [-0.39, 0.29) is 4.90 Å². The Morgan fingerprint density at radius 2 is 1.86 bits per heavy atom. The van der Waals surface area contributed by atoms with Crippen LogP contribution in [0.25, 0.3) is 22.0 Å². The van der Waals surface area contributed by atoms with Gasteiger partial charge in [-0.1, -0.05) is 25.0 Å². The number of hydrogen-bond donors (Lipinski definition) is 4. The van der Waals surface area contributed by atoms with Gasteiger partial charge in [-0.15, -0.1) is 0 Å². The average molecular weight is 415 g/mol. The number of hydrogen-bond acceptors (Lipinski definition) is 5. The minimum Gasteiger partial charge on any atom is -0.391 e. The van der Waals surface area contributed by atoms with Crippen molar-refractivity contribution >= 4 is 26.7 Å². The topological polar surface area (TPSA) is 121 Å². The summed E-state index contributed by atoms with van der Waals surface area (Å²) in [6.45, 7) is 3.88. The first-order valence-corrected chi connectivity index (χ1v) is 11.3. The van der Waals surface area contributed by atoms with Crippen LogP contribution >= 0.6 is 0 Å². The zero-order chi connectivity index (χ0) is 20.8. The molecule has 2 aromatic carbocycles. The molecular weight excluding hydrogens is 388 g/mol. The fourth-order valence-electron chi connectivity index (χ4n) is 4.22. The average Bonchev–Trinajstić information content (AvgIpc) is 3.06. The number of sulfonamides is 1. The molecule has 0 spiro atoms. The van der Waals surface area contributed by atoms with Crippen molar-refractivity contribution in [2.24, 2.45) is 0 Å². The quantitative estimate of drug-likeness (QED) is 0.523. The van der Waals surface area contributed by atoms with Crippen molar-refractivity contribution in [1.82, 2.24) is 14.9 Å². The molecule has 1 aromatic heterocycles. The number of aliphatic hydroxyl groups is 1. The molecule has 0 saturated heterocycles. The molecule has 0 aliphatic heterocycles. The number of aromatic nitrogens is 2. The van der Waals surface area contributed by atoms with Crippen LogP contribution in [0.15, 0.2) is 35.2 Å². The van der Waals surface area contributed by atoms with Gasteiger partial charge in [-0.2, -0.15) is 5.10 Å². The van der Waals surface area contributed by atoms with E-state index in [9.17, 15) is 13.5 Å². The molecule has 29 heavy (non-hydrogen) atoms.